The van der Waals surface area contributed by atoms with Gasteiger partial charge >= 0.3 is 0 Å². The van der Waals surface area contributed by atoms with Gasteiger partial charge in [-0.25, -0.2) is 9.67 Å². The highest BCUT2D eigenvalue weighted by Gasteiger charge is 2.17. The number of aromatic nitrogens is 4. The van der Waals surface area contributed by atoms with Crippen molar-refractivity contribution in [3.8, 4) is 39.7 Å². The molecule has 0 bridgehead atoms. The van der Waals surface area contributed by atoms with E-state index in [0.717, 1.165) is 50.2 Å². The summed E-state index contributed by atoms with van der Waals surface area (Å²) in [4.78, 5) is 9.59. The van der Waals surface area contributed by atoms with Gasteiger partial charge in [-0.3, -0.25) is 4.98 Å². The van der Waals surface area contributed by atoms with Crippen LogP contribution < -0.4 is 0 Å². The topological polar surface area (TPSA) is 43.6 Å². The Balaban J connectivity index is 1.30. The summed E-state index contributed by atoms with van der Waals surface area (Å²) in [7, 11) is 0. The molecule has 2 heterocycles. The highest BCUT2D eigenvalue weighted by molar-refractivity contribution is 5.95. The number of pyridine rings is 1. The molecule has 0 aliphatic heterocycles. The van der Waals surface area contributed by atoms with E-state index >= 15 is 0 Å². The van der Waals surface area contributed by atoms with Crippen LogP contribution in [0.5, 0.6) is 0 Å². The largest absolute Gasteiger partial charge is 0.256 e. The van der Waals surface area contributed by atoms with E-state index in [1.54, 1.807) is 0 Å². The standard InChI is InChI=1S/C37H26N4/c1-2-9-27(10-3-1)16-17-28-18-20-31(21-19-28)37-39-36(34-14-8-12-29-11-4-5-13-33(29)34)40-41(37)32-24-22-30(23-25-32)35-15-6-7-26-38-35/h1-26H/b17-16+. The Morgan fingerprint density at radius 2 is 1.22 bits per heavy atom. The second-order valence-corrected chi connectivity index (χ2v) is 9.83. The van der Waals surface area contributed by atoms with E-state index in [9.17, 15) is 0 Å². The lowest BCUT2D eigenvalue weighted by Crippen LogP contribution is -2.00. The van der Waals surface area contributed by atoms with E-state index in [0.29, 0.717) is 5.82 Å². The summed E-state index contributed by atoms with van der Waals surface area (Å²) in [5.41, 5.74) is 7.23. The summed E-state index contributed by atoms with van der Waals surface area (Å²) in [6, 6.07) is 47.7. The molecule has 7 rings (SSSR count). The van der Waals surface area contributed by atoms with Gasteiger partial charge in [-0.05, 0) is 46.2 Å². The molecule has 7 aromatic rings. The first-order valence-electron chi connectivity index (χ1n) is 13.6. The van der Waals surface area contributed by atoms with Crippen molar-refractivity contribution in [1.29, 1.82) is 0 Å². The lowest BCUT2D eigenvalue weighted by molar-refractivity contribution is 0.891. The quantitative estimate of drug-likeness (QED) is 0.203. The van der Waals surface area contributed by atoms with Gasteiger partial charge in [-0.15, -0.1) is 5.10 Å². The van der Waals surface area contributed by atoms with Crippen LogP contribution in [0, 0.1) is 0 Å². The Morgan fingerprint density at radius 3 is 2.00 bits per heavy atom. The minimum atomic E-state index is 0.693. The van der Waals surface area contributed by atoms with E-state index in [-0.39, 0.29) is 0 Å². The number of hydrogen-bond acceptors (Lipinski definition) is 3. The number of fused-ring (bicyclic) bond motifs is 1. The van der Waals surface area contributed by atoms with E-state index in [2.05, 4.69) is 120 Å². The van der Waals surface area contributed by atoms with E-state index in [1.165, 1.54) is 5.56 Å². The van der Waals surface area contributed by atoms with Crippen molar-refractivity contribution in [2.24, 2.45) is 0 Å². The van der Waals surface area contributed by atoms with Crippen molar-refractivity contribution in [2.45, 2.75) is 0 Å². The van der Waals surface area contributed by atoms with Crippen LogP contribution in [0.1, 0.15) is 11.1 Å². The monoisotopic (exact) mass is 526 g/mol. The predicted molar refractivity (Wildman–Crippen MR) is 168 cm³/mol. The van der Waals surface area contributed by atoms with Crippen LogP contribution in [0.15, 0.2) is 146 Å². The third-order valence-electron chi connectivity index (χ3n) is 7.15. The van der Waals surface area contributed by atoms with Gasteiger partial charge in [0.1, 0.15) is 0 Å². The van der Waals surface area contributed by atoms with Crippen LogP contribution in [-0.4, -0.2) is 19.7 Å². The molecule has 41 heavy (non-hydrogen) atoms. The van der Waals surface area contributed by atoms with Gasteiger partial charge in [0.05, 0.1) is 11.4 Å². The number of rotatable bonds is 6. The zero-order chi connectivity index (χ0) is 27.4. The second kappa shape index (κ2) is 10.9. The smallest absolute Gasteiger partial charge is 0.182 e. The molecule has 4 heteroatoms. The lowest BCUT2D eigenvalue weighted by atomic mass is 10.0. The zero-order valence-electron chi connectivity index (χ0n) is 22.3. The Morgan fingerprint density at radius 1 is 0.537 bits per heavy atom. The molecule has 0 aliphatic carbocycles. The SMILES string of the molecule is C(=C\c1ccc(-c2nc(-c3cccc4ccccc34)nn2-c2ccc(-c3ccccn3)cc2)cc1)/c1ccccc1. The van der Waals surface area contributed by atoms with E-state index in [4.69, 9.17) is 10.1 Å². The molecule has 0 spiro atoms. The lowest BCUT2D eigenvalue weighted by Gasteiger charge is -2.08. The molecule has 2 aromatic heterocycles. The number of benzene rings is 5. The summed E-state index contributed by atoms with van der Waals surface area (Å²) >= 11 is 0. The summed E-state index contributed by atoms with van der Waals surface area (Å²) in [6.07, 6.45) is 6.06. The van der Waals surface area contributed by atoms with E-state index in [1.807, 2.05) is 47.3 Å². The van der Waals surface area contributed by atoms with Crippen molar-refractivity contribution >= 4 is 22.9 Å². The fourth-order valence-corrected chi connectivity index (χ4v) is 5.02. The van der Waals surface area contributed by atoms with Crippen molar-refractivity contribution in [1.82, 2.24) is 19.7 Å². The van der Waals surface area contributed by atoms with Crippen molar-refractivity contribution in [3.05, 3.63) is 157 Å². The maximum Gasteiger partial charge on any atom is 0.182 e. The average molecular weight is 527 g/mol. The van der Waals surface area contributed by atoms with Crippen LogP contribution in [0.2, 0.25) is 0 Å². The first-order chi connectivity index (χ1) is 20.3. The van der Waals surface area contributed by atoms with E-state index < -0.39 is 0 Å². The molecule has 194 valence electrons. The second-order valence-electron chi connectivity index (χ2n) is 9.83. The minimum Gasteiger partial charge on any atom is -0.256 e. The van der Waals surface area contributed by atoms with Gasteiger partial charge in [0.25, 0.3) is 0 Å². The summed E-state index contributed by atoms with van der Waals surface area (Å²) in [5, 5.41) is 7.35. The summed E-state index contributed by atoms with van der Waals surface area (Å²) < 4.78 is 1.94. The van der Waals surface area contributed by atoms with Gasteiger partial charge in [-0.2, -0.15) is 0 Å². The maximum absolute atomic E-state index is 5.10. The van der Waals surface area contributed by atoms with Crippen LogP contribution in [0.4, 0.5) is 0 Å². The van der Waals surface area contributed by atoms with Gasteiger partial charge < -0.3 is 0 Å². The first kappa shape index (κ1) is 24.4. The molecular formula is C37H26N4. The average Bonchev–Trinajstić information content (AvgIpc) is 3.50. The predicted octanol–water partition coefficient (Wildman–Crippen LogP) is 8.99. The fourth-order valence-electron chi connectivity index (χ4n) is 5.02. The molecule has 0 fully saturated rings. The summed E-state index contributed by atoms with van der Waals surface area (Å²) in [5.74, 6) is 1.48. The molecule has 0 amide bonds. The number of nitrogens with zero attached hydrogens (tertiary/aromatic N) is 4. The van der Waals surface area contributed by atoms with Gasteiger partial charge in [-0.1, -0.05) is 127 Å². The van der Waals surface area contributed by atoms with Gasteiger partial charge in [0.2, 0.25) is 0 Å². The third-order valence-corrected chi connectivity index (χ3v) is 7.15. The zero-order valence-corrected chi connectivity index (χ0v) is 22.3. The molecule has 0 atom stereocenters. The number of hydrogen-bond donors (Lipinski definition) is 0. The normalized spacial score (nSPS) is 11.3. The molecule has 4 nitrogen and oxygen atoms in total. The molecule has 0 unspecified atom stereocenters. The van der Waals surface area contributed by atoms with Crippen LogP contribution in [0.25, 0.3) is 62.6 Å². The molecule has 0 saturated carbocycles. The Labute approximate surface area is 238 Å². The first-order valence-corrected chi connectivity index (χ1v) is 13.6. The molecule has 0 N–H and O–H groups in total. The Kier molecular flexibility index (Phi) is 6.48. The van der Waals surface area contributed by atoms with Crippen LogP contribution >= 0.6 is 0 Å². The highest BCUT2D eigenvalue weighted by Crippen LogP contribution is 2.31. The van der Waals surface area contributed by atoms with Gasteiger partial charge in [0, 0.05) is 22.9 Å². The van der Waals surface area contributed by atoms with Crippen LogP contribution in [-0.2, 0) is 0 Å². The van der Waals surface area contributed by atoms with Crippen LogP contribution in [0.3, 0.4) is 0 Å². The minimum absolute atomic E-state index is 0.693. The molecule has 0 aliphatic rings. The maximum atomic E-state index is 5.10. The molecular weight excluding hydrogens is 500 g/mol. The Bertz CT molecular complexity index is 1950. The molecule has 0 saturated heterocycles. The van der Waals surface area contributed by atoms with Crippen molar-refractivity contribution < 1.29 is 0 Å². The van der Waals surface area contributed by atoms with Crippen molar-refractivity contribution in [2.75, 3.05) is 0 Å². The molecule has 5 aromatic carbocycles. The highest BCUT2D eigenvalue weighted by atomic mass is 15.4. The fraction of sp³-hybridized carbons (Fsp3) is 0. The van der Waals surface area contributed by atoms with Crippen molar-refractivity contribution in [3.63, 3.8) is 0 Å². The Hall–Kier alpha value is -5.61. The third kappa shape index (κ3) is 5.07. The summed E-state index contributed by atoms with van der Waals surface area (Å²) in [6.45, 7) is 0. The van der Waals surface area contributed by atoms with Gasteiger partial charge in [0.15, 0.2) is 11.6 Å². The molecule has 0 radical (unpaired) electrons.